The van der Waals surface area contributed by atoms with Crippen molar-refractivity contribution in [2.45, 2.75) is 25.9 Å². The quantitative estimate of drug-likeness (QED) is 0.311. The van der Waals surface area contributed by atoms with Gasteiger partial charge >= 0.3 is 0 Å². The van der Waals surface area contributed by atoms with Gasteiger partial charge < -0.3 is 14.8 Å². The minimum atomic E-state index is -0.116. The summed E-state index contributed by atoms with van der Waals surface area (Å²) in [4.78, 5) is 6.80. The number of thiocarbonyl (C=S) groups is 1. The molecule has 2 atom stereocenters. The van der Waals surface area contributed by atoms with Crippen LogP contribution in [0.15, 0.2) is 79.0 Å². The van der Waals surface area contributed by atoms with Crippen molar-refractivity contribution in [2.24, 2.45) is 0 Å². The van der Waals surface area contributed by atoms with Crippen LogP contribution in [0.25, 0.3) is 5.69 Å². The monoisotopic (exact) mass is 492 g/mol. The third-order valence-electron chi connectivity index (χ3n) is 6.09. The van der Waals surface area contributed by atoms with Gasteiger partial charge in [-0.15, -0.1) is 0 Å². The van der Waals surface area contributed by atoms with Crippen LogP contribution < -0.4 is 10.2 Å². The normalized spacial score (nSPS) is 17.9. The van der Waals surface area contributed by atoms with Gasteiger partial charge in [-0.3, -0.25) is 4.98 Å². The van der Waals surface area contributed by atoms with Crippen LogP contribution in [0.1, 0.15) is 34.7 Å². The van der Waals surface area contributed by atoms with Crippen LogP contribution in [0, 0.1) is 13.8 Å². The summed E-state index contributed by atoms with van der Waals surface area (Å²) in [5.41, 5.74) is 6.24. The molecule has 1 saturated heterocycles. The predicted octanol–water partition coefficient (Wildman–Crippen LogP) is 6.97. The van der Waals surface area contributed by atoms with Gasteiger partial charge in [-0.25, -0.2) is 0 Å². The molecule has 166 valence electrons. The van der Waals surface area contributed by atoms with Gasteiger partial charge in [0, 0.05) is 28.3 Å². The Morgan fingerprint density at radius 3 is 2.36 bits per heavy atom. The molecule has 1 N–H and O–H groups in total. The van der Waals surface area contributed by atoms with Crippen molar-refractivity contribution in [2.75, 3.05) is 4.90 Å². The second-order valence-corrected chi connectivity index (χ2v) is 9.32. The maximum Gasteiger partial charge on any atom is 0.174 e. The highest BCUT2D eigenvalue weighted by molar-refractivity contribution is 7.80. The van der Waals surface area contributed by atoms with Crippen LogP contribution in [0.3, 0.4) is 0 Å². The second kappa shape index (κ2) is 8.82. The minimum absolute atomic E-state index is 0.101. The lowest BCUT2D eigenvalue weighted by molar-refractivity contribution is 0.565. The molecule has 0 saturated carbocycles. The fourth-order valence-electron chi connectivity index (χ4n) is 4.64. The fraction of sp³-hybridized carbons (Fsp3) is 0.154. The van der Waals surface area contributed by atoms with Crippen molar-refractivity contribution in [3.63, 3.8) is 0 Å². The summed E-state index contributed by atoms with van der Waals surface area (Å²) in [7, 11) is 0. The average molecular weight is 493 g/mol. The van der Waals surface area contributed by atoms with E-state index in [0.29, 0.717) is 15.2 Å². The van der Waals surface area contributed by atoms with E-state index in [9.17, 15) is 0 Å². The van der Waals surface area contributed by atoms with Gasteiger partial charge in [-0.05, 0) is 86.2 Å². The summed E-state index contributed by atoms with van der Waals surface area (Å²) in [5.74, 6) is 0. The first-order valence-corrected chi connectivity index (χ1v) is 11.8. The summed E-state index contributed by atoms with van der Waals surface area (Å²) in [6, 6.07) is 23.6. The third-order valence-corrected chi connectivity index (χ3v) is 6.97. The first kappa shape index (κ1) is 22.0. The zero-order valence-corrected chi connectivity index (χ0v) is 20.5. The lowest BCUT2D eigenvalue weighted by Gasteiger charge is -2.28. The number of benzene rings is 2. The molecule has 2 aromatic heterocycles. The Kier molecular flexibility index (Phi) is 5.87. The third kappa shape index (κ3) is 3.90. The molecular formula is C26H22Cl2N4S. The zero-order valence-electron chi connectivity index (χ0n) is 18.2. The van der Waals surface area contributed by atoms with E-state index in [1.807, 2.05) is 72.9 Å². The first-order valence-electron chi connectivity index (χ1n) is 10.7. The van der Waals surface area contributed by atoms with Gasteiger partial charge in [-0.2, -0.15) is 0 Å². The number of aromatic nitrogens is 2. The van der Waals surface area contributed by atoms with Crippen molar-refractivity contribution < 1.29 is 0 Å². The Bertz CT molecular complexity index is 1320. The Hall–Kier alpha value is -2.86. The molecule has 1 aliphatic heterocycles. The molecule has 2 aromatic carbocycles. The number of nitrogens with zero attached hydrogens (tertiary/aromatic N) is 3. The Labute approximate surface area is 208 Å². The van der Waals surface area contributed by atoms with E-state index in [1.54, 1.807) is 0 Å². The molecular weight excluding hydrogens is 471 g/mol. The highest BCUT2D eigenvalue weighted by atomic mass is 35.5. The highest BCUT2D eigenvalue weighted by Crippen LogP contribution is 2.44. The van der Waals surface area contributed by atoms with E-state index in [0.717, 1.165) is 34.0 Å². The largest absolute Gasteiger partial charge is 0.351 e. The molecule has 0 amide bonds. The van der Waals surface area contributed by atoms with Gasteiger partial charge in [0.05, 0.1) is 28.5 Å². The van der Waals surface area contributed by atoms with E-state index in [4.69, 9.17) is 35.4 Å². The number of pyridine rings is 1. The first-order chi connectivity index (χ1) is 16.0. The number of aryl methyl sites for hydroxylation is 1. The molecule has 0 bridgehead atoms. The lowest BCUT2D eigenvalue weighted by Crippen LogP contribution is -2.29. The maximum atomic E-state index is 6.57. The molecule has 4 nitrogen and oxygen atoms in total. The number of halogens is 2. The van der Waals surface area contributed by atoms with Gasteiger partial charge in [0.2, 0.25) is 0 Å². The zero-order chi connectivity index (χ0) is 23.1. The van der Waals surface area contributed by atoms with Gasteiger partial charge in [0.25, 0.3) is 0 Å². The highest BCUT2D eigenvalue weighted by Gasteiger charge is 2.42. The molecule has 0 spiro atoms. The number of nitrogens with one attached hydrogen (secondary N) is 1. The predicted molar refractivity (Wildman–Crippen MR) is 140 cm³/mol. The van der Waals surface area contributed by atoms with Crippen molar-refractivity contribution in [1.29, 1.82) is 0 Å². The number of anilines is 1. The Morgan fingerprint density at radius 1 is 0.939 bits per heavy atom. The van der Waals surface area contributed by atoms with Crippen LogP contribution in [0.2, 0.25) is 10.0 Å². The fourth-order valence-corrected chi connectivity index (χ4v) is 5.33. The van der Waals surface area contributed by atoms with Crippen molar-refractivity contribution in [1.82, 2.24) is 14.9 Å². The van der Waals surface area contributed by atoms with Crippen LogP contribution in [0.4, 0.5) is 5.69 Å². The maximum absolute atomic E-state index is 6.57. The SMILES string of the molecule is Cc1cc([C@H]2[C@@H](c3ccccn3)NC(=S)N2c2ccc(Cl)cc2)c(C)n1-c1ccccc1Cl. The summed E-state index contributed by atoms with van der Waals surface area (Å²) < 4.78 is 2.20. The smallest absolute Gasteiger partial charge is 0.174 e. The van der Waals surface area contributed by atoms with Crippen LogP contribution in [0.5, 0.6) is 0 Å². The standard InChI is InChI=1S/C26H22Cl2N4S/c1-16-15-20(17(2)31(16)23-9-4-3-7-21(23)28)25-24(22-8-5-6-14-29-22)30-26(33)32(25)19-12-10-18(27)11-13-19/h3-15,24-25H,1-2H3,(H,30,33)/t24-,25+/m1/s1. The molecule has 1 aliphatic rings. The molecule has 0 aliphatic carbocycles. The van der Waals surface area contributed by atoms with Gasteiger partial charge in [0.1, 0.15) is 0 Å². The number of para-hydroxylation sites is 1. The second-order valence-electron chi connectivity index (χ2n) is 8.09. The summed E-state index contributed by atoms with van der Waals surface area (Å²) in [5, 5.41) is 5.57. The molecule has 5 rings (SSSR count). The average Bonchev–Trinajstić information content (AvgIpc) is 3.31. The van der Waals surface area contributed by atoms with E-state index in [1.165, 1.54) is 0 Å². The van der Waals surface area contributed by atoms with E-state index >= 15 is 0 Å². The van der Waals surface area contributed by atoms with E-state index < -0.39 is 0 Å². The van der Waals surface area contributed by atoms with Crippen LogP contribution >= 0.6 is 35.4 Å². The molecule has 4 aromatic rings. The Morgan fingerprint density at radius 2 is 1.67 bits per heavy atom. The topological polar surface area (TPSA) is 33.1 Å². The van der Waals surface area contributed by atoms with E-state index in [-0.39, 0.29) is 12.1 Å². The molecule has 1 fully saturated rings. The van der Waals surface area contributed by atoms with Crippen molar-refractivity contribution in [3.05, 3.63) is 112 Å². The van der Waals surface area contributed by atoms with Crippen molar-refractivity contribution in [3.8, 4) is 5.69 Å². The van der Waals surface area contributed by atoms with E-state index in [2.05, 4.69) is 39.7 Å². The summed E-state index contributed by atoms with van der Waals surface area (Å²) >= 11 is 18.6. The molecule has 33 heavy (non-hydrogen) atoms. The summed E-state index contributed by atoms with van der Waals surface area (Å²) in [6.07, 6.45) is 1.81. The lowest BCUT2D eigenvalue weighted by atomic mass is 9.96. The van der Waals surface area contributed by atoms with Crippen molar-refractivity contribution >= 4 is 46.2 Å². The number of hydrogen-bond donors (Lipinski definition) is 1. The van der Waals surface area contributed by atoms with Crippen LogP contribution in [-0.2, 0) is 0 Å². The minimum Gasteiger partial charge on any atom is -0.351 e. The van der Waals surface area contributed by atoms with Crippen LogP contribution in [-0.4, -0.2) is 14.7 Å². The Balaban J connectivity index is 1.69. The molecule has 0 unspecified atom stereocenters. The number of rotatable bonds is 4. The van der Waals surface area contributed by atoms with Gasteiger partial charge in [-0.1, -0.05) is 41.4 Å². The number of hydrogen-bond acceptors (Lipinski definition) is 2. The molecule has 0 radical (unpaired) electrons. The van der Waals surface area contributed by atoms with Gasteiger partial charge in [0.15, 0.2) is 5.11 Å². The molecule has 3 heterocycles. The molecule has 7 heteroatoms. The summed E-state index contributed by atoms with van der Waals surface area (Å²) in [6.45, 7) is 4.23.